The predicted molar refractivity (Wildman–Crippen MR) is 102 cm³/mol. The minimum atomic E-state index is -3.45. The Morgan fingerprint density at radius 1 is 1.16 bits per heavy atom. The van der Waals surface area contributed by atoms with Gasteiger partial charge in [0, 0.05) is 12.2 Å². The number of nitrogens with one attached hydrogen (secondary N) is 1. The number of anilines is 1. The summed E-state index contributed by atoms with van der Waals surface area (Å²) in [6, 6.07) is 7.48. The van der Waals surface area contributed by atoms with Crippen molar-refractivity contribution in [3.63, 3.8) is 0 Å². The quantitative estimate of drug-likeness (QED) is 0.726. The zero-order chi connectivity index (χ0) is 18.4. The molecule has 1 saturated carbocycles. The molecule has 1 aliphatic rings. The monoisotopic (exact) mass is 366 g/mol. The molecule has 1 atom stereocenters. The van der Waals surface area contributed by atoms with Crippen LogP contribution in [0.1, 0.15) is 51.5 Å². The van der Waals surface area contributed by atoms with E-state index >= 15 is 0 Å². The van der Waals surface area contributed by atoms with Crippen molar-refractivity contribution in [2.24, 2.45) is 5.92 Å². The highest BCUT2D eigenvalue weighted by Gasteiger charge is 2.40. The molecular weight excluding hydrogens is 336 g/mol. The standard InChI is InChI=1S/C19H30N2O3S/c1-14(2)18(25(23,24)17-6-4-3-5-7-17)19(22)21-13-12-15-8-10-16(20)11-9-15/h8-11,14,17-18H,3-7,12-13,20H2,1-2H3,(H,21,22). The Morgan fingerprint density at radius 2 is 1.76 bits per heavy atom. The third kappa shape index (κ3) is 5.21. The van der Waals surface area contributed by atoms with Gasteiger partial charge in [0.1, 0.15) is 5.25 Å². The first-order valence-electron chi connectivity index (χ1n) is 9.17. The maximum absolute atomic E-state index is 13.0. The molecule has 5 nitrogen and oxygen atoms in total. The van der Waals surface area contributed by atoms with Gasteiger partial charge in [0.05, 0.1) is 5.25 Å². The summed E-state index contributed by atoms with van der Waals surface area (Å²) in [7, 11) is -3.45. The fraction of sp³-hybridized carbons (Fsp3) is 0.632. The van der Waals surface area contributed by atoms with Crippen LogP contribution in [0.5, 0.6) is 0 Å². The molecule has 0 radical (unpaired) electrons. The van der Waals surface area contributed by atoms with Gasteiger partial charge >= 0.3 is 0 Å². The van der Waals surface area contributed by atoms with Gasteiger partial charge in [-0.25, -0.2) is 8.42 Å². The molecule has 0 aromatic heterocycles. The number of hydrogen-bond acceptors (Lipinski definition) is 4. The summed E-state index contributed by atoms with van der Waals surface area (Å²) in [5.74, 6) is -0.598. The first kappa shape index (κ1) is 19.8. The molecule has 2 rings (SSSR count). The maximum atomic E-state index is 13.0. The number of nitrogen functional groups attached to an aromatic ring is 1. The molecular formula is C19H30N2O3S. The summed E-state index contributed by atoms with van der Waals surface area (Å²) in [5.41, 5.74) is 7.42. The van der Waals surface area contributed by atoms with Crippen LogP contribution in [0, 0.1) is 5.92 Å². The van der Waals surface area contributed by atoms with Gasteiger partial charge in [0.2, 0.25) is 5.91 Å². The molecule has 140 valence electrons. The summed E-state index contributed by atoms with van der Waals surface area (Å²) in [6.45, 7) is 4.04. The molecule has 0 heterocycles. The number of hydrogen-bond donors (Lipinski definition) is 2. The smallest absolute Gasteiger partial charge is 0.238 e. The summed E-state index contributed by atoms with van der Waals surface area (Å²) >= 11 is 0. The van der Waals surface area contributed by atoms with Gasteiger partial charge in [-0.2, -0.15) is 0 Å². The van der Waals surface area contributed by atoms with Gasteiger partial charge in [-0.3, -0.25) is 4.79 Å². The lowest BCUT2D eigenvalue weighted by Gasteiger charge is -2.28. The van der Waals surface area contributed by atoms with E-state index in [1.54, 1.807) is 0 Å². The molecule has 1 fully saturated rings. The number of sulfone groups is 1. The van der Waals surface area contributed by atoms with Crippen molar-refractivity contribution < 1.29 is 13.2 Å². The van der Waals surface area contributed by atoms with E-state index < -0.39 is 15.1 Å². The highest BCUT2D eigenvalue weighted by Crippen LogP contribution is 2.29. The maximum Gasteiger partial charge on any atom is 0.238 e. The van der Waals surface area contributed by atoms with Crippen LogP contribution in [-0.2, 0) is 21.1 Å². The number of nitrogens with two attached hydrogens (primary N) is 1. The van der Waals surface area contributed by atoms with E-state index in [1.807, 2.05) is 38.1 Å². The minimum Gasteiger partial charge on any atom is -0.399 e. The van der Waals surface area contributed by atoms with Crippen LogP contribution >= 0.6 is 0 Å². The lowest BCUT2D eigenvalue weighted by Crippen LogP contribution is -2.47. The van der Waals surface area contributed by atoms with E-state index in [1.165, 1.54) is 0 Å². The molecule has 1 aliphatic carbocycles. The SMILES string of the molecule is CC(C)C(C(=O)NCCc1ccc(N)cc1)S(=O)(=O)C1CCCCC1. The normalized spacial score (nSPS) is 17.4. The van der Waals surface area contributed by atoms with Crippen LogP contribution in [-0.4, -0.2) is 31.4 Å². The van der Waals surface area contributed by atoms with Crippen molar-refractivity contribution in [1.82, 2.24) is 5.32 Å². The topological polar surface area (TPSA) is 89.3 Å². The van der Waals surface area contributed by atoms with Crippen molar-refractivity contribution >= 4 is 21.4 Å². The molecule has 0 saturated heterocycles. The second kappa shape index (κ2) is 8.70. The van der Waals surface area contributed by atoms with Gasteiger partial charge in [-0.1, -0.05) is 45.2 Å². The Kier molecular flexibility index (Phi) is 6.87. The van der Waals surface area contributed by atoms with E-state index in [9.17, 15) is 13.2 Å². The van der Waals surface area contributed by atoms with Gasteiger partial charge < -0.3 is 11.1 Å². The number of amides is 1. The van der Waals surface area contributed by atoms with Crippen LogP contribution < -0.4 is 11.1 Å². The zero-order valence-corrected chi connectivity index (χ0v) is 16.0. The molecule has 6 heteroatoms. The first-order chi connectivity index (χ1) is 11.8. The van der Waals surface area contributed by atoms with Crippen molar-refractivity contribution in [1.29, 1.82) is 0 Å². The summed E-state index contributed by atoms with van der Waals surface area (Å²) in [6.07, 6.45) is 4.99. The van der Waals surface area contributed by atoms with Gasteiger partial charge in [-0.05, 0) is 42.9 Å². The Labute approximate surface area is 151 Å². The molecule has 1 amide bonds. The third-order valence-corrected chi connectivity index (χ3v) is 7.79. The molecule has 0 spiro atoms. The van der Waals surface area contributed by atoms with Crippen molar-refractivity contribution in [3.05, 3.63) is 29.8 Å². The Hall–Kier alpha value is -1.56. The molecule has 0 aliphatic heterocycles. The Morgan fingerprint density at radius 3 is 2.32 bits per heavy atom. The molecule has 1 aromatic rings. The molecule has 0 bridgehead atoms. The lowest BCUT2D eigenvalue weighted by molar-refractivity contribution is -0.121. The summed E-state index contributed by atoms with van der Waals surface area (Å²) < 4.78 is 25.9. The van der Waals surface area contributed by atoms with E-state index in [0.717, 1.165) is 24.8 Å². The van der Waals surface area contributed by atoms with Crippen molar-refractivity contribution in [2.75, 3.05) is 12.3 Å². The molecule has 1 unspecified atom stereocenters. The Balaban J connectivity index is 1.98. The number of carbonyl (C=O) groups excluding carboxylic acids is 1. The fourth-order valence-electron chi connectivity index (χ4n) is 3.55. The van der Waals surface area contributed by atoms with Crippen molar-refractivity contribution in [2.45, 2.75) is 62.9 Å². The summed E-state index contributed by atoms with van der Waals surface area (Å²) in [4.78, 5) is 12.6. The third-order valence-electron chi connectivity index (χ3n) is 4.93. The number of rotatable bonds is 7. The average molecular weight is 367 g/mol. The van der Waals surface area contributed by atoms with Crippen LogP contribution in [0.15, 0.2) is 24.3 Å². The zero-order valence-electron chi connectivity index (χ0n) is 15.2. The molecule has 25 heavy (non-hydrogen) atoms. The van der Waals surface area contributed by atoms with Crippen LogP contribution in [0.25, 0.3) is 0 Å². The highest BCUT2D eigenvalue weighted by atomic mass is 32.2. The van der Waals surface area contributed by atoms with Gasteiger partial charge in [0.25, 0.3) is 0 Å². The summed E-state index contributed by atoms with van der Waals surface area (Å²) in [5, 5.41) is 1.50. The van der Waals surface area contributed by atoms with E-state index in [4.69, 9.17) is 5.73 Å². The van der Waals surface area contributed by atoms with E-state index in [2.05, 4.69) is 5.32 Å². The molecule has 1 aromatic carbocycles. The molecule has 3 N–H and O–H groups in total. The van der Waals surface area contributed by atoms with Gasteiger partial charge in [0.15, 0.2) is 9.84 Å². The first-order valence-corrected chi connectivity index (χ1v) is 10.8. The van der Waals surface area contributed by atoms with Crippen LogP contribution in [0.4, 0.5) is 5.69 Å². The Bertz CT molecular complexity index is 662. The number of benzene rings is 1. The average Bonchev–Trinajstić information content (AvgIpc) is 2.57. The lowest BCUT2D eigenvalue weighted by atomic mass is 10.0. The van der Waals surface area contributed by atoms with Crippen molar-refractivity contribution in [3.8, 4) is 0 Å². The van der Waals surface area contributed by atoms with Crippen LogP contribution in [0.2, 0.25) is 0 Å². The van der Waals surface area contributed by atoms with Gasteiger partial charge in [-0.15, -0.1) is 0 Å². The van der Waals surface area contributed by atoms with E-state index in [-0.39, 0.29) is 17.1 Å². The fourth-order valence-corrected chi connectivity index (χ4v) is 6.09. The largest absolute Gasteiger partial charge is 0.399 e. The second-order valence-corrected chi connectivity index (χ2v) is 9.65. The van der Waals surface area contributed by atoms with E-state index in [0.29, 0.717) is 31.5 Å². The minimum absolute atomic E-state index is 0.233. The highest BCUT2D eigenvalue weighted by molar-refractivity contribution is 7.93. The number of carbonyl (C=O) groups is 1. The van der Waals surface area contributed by atoms with Crippen LogP contribution in [0.3, 0.4) is 0 Å². The second-order valence-electron chi connectivity index (χ2n) is 7.30. The predicted octanol–water partition coefficient (Wildman–Crippen LogP) is 2.70.